The van der Waals surface area contributed by atoms with Crippen molar-refractivity contribution < 1.29 is 23.0 Å². The number of nitrogens with two attached hydrogens (primary N) is 1. The van der Waals surface area contributed by atoms with Crippen molar-refractivity contribution in [1.29, 1.82) is 0 Å². The fourth-order valence-electron chi connectivity index (χ4n) is 2.15. The van der Waals surface area contributed by atoms with E-state index >= 15 is 0 Å². The number of sulfonamides is 1. The van der Waals surface area contributed by atoms with E-state index in [1.54, 1.807) is 0 Å². The Labute approximate surface area is 151 Å². The maximum atomic E-state index is 10.9. The van der Waals surface area contributed by atoms with Crippen molar-refractivity contribution in [1.82, 2.24) is 15.8 Å². The summed E-state index contributed by atoms with van der Waals surface area (Å²) in [5.74, 6) is -0.0816. The van der Waals surface area contributed by atoms with Crippen LogP contribution in [0.15, 0.2) is 40.0 Å². The number of hydroxylamine groups is 1. The summed E-state index contributed by atoms with van der Waals surface area (Å²) in [7, 11) is -3.51. The average Bonchev–Trinajstić information content (AvgIpc) is 3.07. The van der Waals surface area contributed by atoms with E-state index in [9.17, 15) is 13.6 Å². The molecule has 1 aromatic heterocycles. The zero-order valence-corrected chi connectivity index (χ0v) is 15.0. The number of rotatable bonds is 9. The number of aromatic nitrogens is 2. The van der Waals surface area contributed by atoms with Gasteiger partial charge in [0.25, 0.3) is 0 Å². The second-order valence-corrected chi connectivity index (χ2v) is 7.24. The van der Waals surface area contributed by atoms with Crippen LogP contribution in [0.3, 0.4) is 0 Å². The van der Waals surface area contributed by atoms with Crippen molar-refractivity contribution in [3.05, 3.63) is 47.3 Å². The molecule has 0 saturated carbocycles. The van der Waals surface area contributed by atoms with Gasteiger partial charge in [-0.15, -0.1) is 0 Å². The lowest BCUT2D eigenvalue weighted by atomic mass is 10.1. The van der Waals surface area contributed by atoms with Crippen molar-refractivity contribution in [2.45, 2.75) is 26.0 Å². The summed E-state index contributed by atoms with van der Waals surface area (Å²) >= 11 is 0. The molecule has 0 aliphatic rings. The van der Waals surface area contributed by atoms with Crippen LogP contribution in [0.5, 0.6) is 0 Å². The molecule has 26 heavy (non-hydrogen) atoms. The van der Waals surface area contributed by atoms with E-state index in [4.69, 9.17) is 14.5 Å². The van der Waals surface area contributed by atoms with Gasteiger partial charge in [0.05, 0.1) is 18.4 Å². The highest BCUT2D eigenvalue weighted by Gasteiger charge is 2.18. The van der Waals surface area contributed by atoms with E-state index in [1.807, 2.05) is 42.7 Å². The van der Waals surface area contributed by atoms with E-state index in [1.165, 1.54) is 0 Å². The van der Waals surface area contributed by atoms with Crippen LogP contribution in [-0.4, -0.2) is 42.1 Å². The number of benzene rings is 1. The molecule has 1 unspecified atom stereocenters. The highest BCUT2D eigenvalue weighted by molar-refractivity contribution is 7.89. The quantitative estimate of drug-likeness (QED) is 0.248. The number of hydrogen-bond donors (Lipinski definition) is 3. The van der Waals surface area contributed by atoms with Gasteiger partial charge in [0, 0.05) is 6.61 Å². The zero-order chi connectivity index (χ0) is 19.0. The van der Waals surface area contributed by atoms with Gasteiger partial charge in [-0.1, -0.05) is 35.5 Å². The Balaban J connectivity index is 2.01. The summed E-state index contributed by atoms with van der Waals surface area (Å²) < 4.78 is 31.8. The summed E-state index contributed by atoms with van der Waals surface area (Å²) in [5, 5.41) is 21.8. The van der Waals surface area contributed by atoms with Crippen molar-refractivity contribution in [2.24, 2.45) is 10.1 Å². The van der Waals surface area contributed by atoms with Gasteiger partial charge in [-0.2, -0.15) is 0 Å². The van der Waals surface area contributed by atoms with Gasteiger partial charge >= 0.3 is 0 Å². The predicted molar refractivity (Wildman–Crippen MR) is 92.9 cm³/mol. The number of nitrogens with zero attached hydrogens (tertiary/aromatic N) is 3. The maximum absolute atomic E-state index is 10.9. The van der Waals surface area contributed by atoms with Crippen molar-refractivity contribution in [2.75, 3.05) is 12.4 Å². The molecule has 1 atom stereocenters. The standard InChI is InChI=1S/C15H21N5O5S/c1-11(12-6-3-2-4-7-12)17-15(18-21)14-13(19-25-20-14)10-24-8-5-9-26(16,22)23/h2-4,6-7,11,21H,5,8-10H2,1H3,(H,17,18)(H2,16,22,23). The Morgan fingerprint density at radius 3 is 2.77 bits per heavy atom. The van der Waals surface area contributed by atoms with Crippen LogP contribution in [-0.2, 0) is 21.4 Å². The average molecular weight is 383 g/mol. The van der Waals surface area contributed by atoms with Crippen molar-refractivity contribution >= 4 is 15.9 Å². The molecule has 0 saturated heterocycles. The smallest absolute Gasteiger partial charge is 0.209 e. The fraction of sp³-hybridized carbons (Fsp3) is 0.400. The molecule has 142 valence electrons. The summed E-state index contributed by atoms with van der Waals surface area (Å²) in [6, 6.07) is 9.28. The minimum absolute atomic E-state index is 0.0177. The largest absolute Gasteiger partial charge is 0.375 e. The van der Waals surface area contributed by atoms with E-state index in [0.717, 1.165) is 5.56 Å². The third kappa shape index (κ3) is 6.19. The first-order chi connectivity index (χ1) is 12.4. The van der Waals surface area contributed by atoms with E-state index in [2.05, 4.69) is 15.3 Å². The molecular weight excluding hydrogens is 362 g/mol. The first-order valence-corrected chi connectivity index (χ1v) is 9.55. The van der Waals surface area contributed by atoms with Crippen molar-refractivity contribution in [3.8, 4) is 0 Å². The Kier molecular flexibility index (Phi) is 7.21. The van der Waals surface area contributed by atoms with Crippen LogP contribution >= 0.6 is 0 Å². The highest BCUT2D eigenvalue weighted by atomic mass is 32.2. The number of primary sulfonamides is 1. The summed E-state index contributed by atoms with van der Waals surface area (Å²) in [6.45, 7) is 2.05. The fourth-order valence-corrected chi connectivity index (χ4v) is 2.67. The van der Waals surface area contributed by atoms with Gasteiger partial charge in [0.15, 0.2) is 11.5 Å². The maximum Gasteiger partial charge on any atom is 0.209 e. The van der Waals surface area contributed by atoms with Gasteiger partial charge < -0.3 is 4.74 Å². The van der Waals surface area contributed by atoms with E-state index in [-0.39, 0.29) is 43.0 Å². The molecule has 0 aliphatic heterocycles. The lowest BCUT2D eigenvalue weighted by molar-refractivity contribution is 0.116. The molecule has 0 aliphatic carbocycles. The minimum atomic E-state index is -3.51. The molecule has 0 amide bonds. The summed E-state index contributed by atoms with van der Waals surface area (Å²) in [5.41, 5.74) is 3.49. The molecule has 10 nitrogen and oxygen atoms in total. The third-order valence-electron chi connectivity index (χ3n) is 3.45. The minimum Gasteiger partial charge on any atom is -0.375 e. The Morgan fingerprint density at radius 1 is 1.38 bits per heavy atom. The molecule has 0 radical (unpaired) electrons. The van der Waals surface area contributed by atoms with Gasteiger partial charge in [0.2, 0.25) is 10.0 Å². The Bertz CT molecular complexity index is 822. The molecule has 1 aromatic carbocycles. The molecule has 0 bridgehead atoms. The molecule has 0 fully saturated rings. The normalized spacial score (nSPS) is 13.6. The lowest BCUT2D eigenvalue weighted by Crippen LogP contribution is -2.23. The monoisotopic (exact) mass is 383 g/mol. The molecule has 1 heterocycles. The first-order valence-electron chi connectivity index (χ1n) is 7.83. The molecule has 11 heteroatoms. The number of hydrogen-bond acceptors (Lipinski definition) is 8. The number of nitrogens with one attached hydrogen (secondary N) is 1. The van der Waals surface area contributed by atoms with Crippen molar-refractivity contribution in [3.63, 3.8) is 0 Å². The first kappa shape index (κ1) is 20.0. The second kappa shape index (κ2) is 9.38. The molecular formula is C15H21N5O5S. The number of aliphatic imine (C=N–C) groups is 1. The van der Waals surface area contributed by atoms with Crippen LogP contribution in [0, 0.1) is 0 Å². The van der Waals surface area contributed by atoms with Crippen LogP contribution in [0.2, 0.25) is 0 Å². The highest BCUT2D eigenvalue weighted by Crippen LogP contribution is 2.17. The van der Waals surface area contributed by atoms with Crippen LogP contribution in [0.25, 0.3) is 0 Å². The lowest BCUT2D eigenvalue weighted by Gasteiger charge is -2.09. The molecule has 2 aromatic rings. The third-order valence-corrected chi connectivity index (χ3v) is 4.31. The molecule has 4 N–H and O–H groups in total. The van der Waals surface area contributed by atoms with Gasteiger partial charge in [-0.05, 0) is 24.1 Å². The Morgan fingerprint density at radius 2 is 2.12 bits per heavy atom. The topological polar surface area (TPSA) is 153 Å². The number of amidine groups is 1. The predicted octanol–water partition coefficient (Wildman–Crippen LogP) is 0.751. The molecule has 2 rings (SSSR count). The summed E-state index contributed by atoms with van der Waals surface area (Å²) in [6.07, 6.45) is 0.254. The van der Waals surface area contributed by atoms with E-state index in [0.29, 0.717) is 5.69 Å². The second-order valence-electron chi connectivity index (χ2n) is 5.51. The van der Waals surface area contributed by atoms with Gasteiger partial charge in [-0.3, -0.25) is 15.7 Å². The van der Waals surface area contributed by atoms with Crippen LogP contribution in [0.1, 0.15) is 36.3 Å². The SMILES string of the molecule is CC(N=C(NO)c1nonc1COCCCS(N)(=O)=O)c1ccccc1. The zero-order valence-electron chi connectivity index (χ0n) is 14.2. The van der Waals surface area contributed by atoms with Gasteiger partial charge in [-0.25, -0.2) is 18.2 Å². The molecule has 0 spiro atoms. The van der Waals surface area contributed by atoms with Crippen LogP contribution < -0.4 is 10.6 Å². The van der Waals surface area contributed by atoms with Gasteiger partial charge in [0.1, 0.15) is 5.69 Å². The Hall–Kier alpha value is -2.34. The summed E-state index contributed by atoms with van der Waals surface area (Å²) in [4.78, 5) is 4.39. The van der Waals surface area contributed by atoms with E-state index < -0.39 is 10.0 Å². The number of ether oxygens (including phenoxy) is 1. The van der Waals surface area contributed by atoms with Crippen LogP contribution in [0.4, 0.5) is 0 Å².